The van der Waals surface area contributed by atoms with Crippen LogP contribution in [-0.4, -0.2) is 24.3 Å². The van der Waals surface area contributed by atoms with Crippen molar-refractivity contribution in [3.63, 3.8) is 0 Å². The van der Waals surface area contributed by atoms with Crippen molar-refractivity contribution >= 4 is 17.9 Å². The normalized spacial score (nSPS) is 19.5. The predicted octanol–water partition coefficient (Wildman–Crippen LogP) is 2.31. The molecule has 0 saturated carbocycles. The third-order valence-electron chi connectivity index (χ3n) is 2.08. The van der Waals surface area contributed by atoms with E-state index in [1.165, 1.54) is 25.3 Å². The van der Waals surface area contributed by atoms with Gasteiger partial charge in [-0.3, -0.25) is 4.79 Å². The zero-order chi connectivity index (χ0) is 9.52. The summed E-state index contributed by atoms with van der Waals surface area (Å²) in [4.78, 5) is 12.1. The first-order valence-electron chi connectivity index (χ1n) is 4.57. The summed E-state index contributed by atoms with van der Waals surface area (Å²) in [7, 11) is 0. The maximum absolute atomic E-state index is 9.99. The third-order valence-corrected chi connectivity index (χ3v) is 2.45. The zero-order valence-corrected chi connectivity index (χ0v) is 8.33. The number of aldehydes is 1. The highest BCUT2D eigenvalue weighted by molar-refractivity contribution is 6.29. The molecule has 0 spiro atoms. The van der Waals surface area contributed by atoms with E-state index < -0.39 is 0 Å². The van der Waals surface area contributed by atoms with Gasteiger partial charge in [-0.1, -0.05) is 17.7 Å². The maximum atomic E-state index is 9.99. The fourth-order valence-corrected chi connectivity index (χ4v) is 1.64. The highest BCUT2D eigenvalue weighted by Crippen LogP contribution is 2.17. The quantitative estimate of drug-likeness (QED) is 0.301. The van der Waals surface area contributed by atoms with Crippen LogP contribution in [0.4, 0.5) is 0 Å². The molecular weight excluding hydrogens is 186 g/mol. The summed E-state index contributed by atoms with van der Waals surface area (Å²) in [5, 5.41) is 0.734. The molecular formula is C10H14ClNO. The van der Waals surface area contributed by atoms with Gasteiger partial charge in [0.15, 0.2) is 0 Å². The van der Waals surface area contributed by atoms with Crippen molar-refractivity contribution in [1.82, 2.24) is 4.90 Å². The molecule has 3 heteroatoms. The first kappa shape index (κ1) is 10.3. The molecule has 0 bridgehead atoms. The molecule has 72 valence electrons. The van der Waals surface area contributed by atoms with Gasteiger partial charge >= 0.3 is 0 Å². The lowest BCUT2D eigenvalue weighted by atomic mass is 10.1. The van der Waals surface area contributed by atoms with E-state index in [1.807, 2.05) is 0 Å². The van der Waals surface area contributed by atoms with Crippen molar-refractivity contribution < 1.29 is 4.79 Å². The number of carbonyl (C=O) groups is 1. The monoisotopic (exact) mass is 199 g/mol. The molecule has 0 unspecified atom stereocenters. The molecule has 1 aliphatic heterocycles. The Morgan fingerprint density at radius 2 is 1.85 bits per heavy atom. The van der Waals surface area contributed by atoms with Gasteiger partial charge in [0.05, 0.1) is 0 Å². The summed E-state index contributed by atoms with van der Waals surface area (Å²) in [6.45, 7) is 2.06. The second-order valence-corrected chi connectivity index (χ2v) is 3.45. The van der Waals surface area contributed by atoms with Gasteiger partial charge in [-0.25, -0.2) is 0 Å². The topological polar surface area (TPSA) is 20.3 Å². The lowest BCUT2D eigenvalue weighted by Crippen LogP contribution is -2.26. The minimum Gasteiger partial charge on any atom is -0.362 e. The van der Waals surface area contributed by atoms with Crippen LogP contribution in [0.25, 0.3) is 0 Å². The summed E-state index contributed by atoms with van der Waals surface area (Å²) in [5.41, 5.74) is 0. The maximum Gasteiger partial charge on any atom is 0.142 e. The molecule has 1 aliphatic rings. The van der Waals surface area contributed by atoms with Gasteiger partial charge in [-0.2, -0.15) is 0 Å². The molecule has 0 aliphatic carbocycles. The van der Waals surface area contributed by atoms with Gasteiger partial charge in [0, 0.05) is 13.1 Å². The Balaban J connectivity index is 2.44. The summed E-state index contributed by atoms with van der Waals surface area (Å²) in [6.07, 6.45) is 9.34. The molecule has 0 N–H and O–H groups in total. The molecule has 0 aromatic carbocycles. The molecule has 2 nitrogen and oxygen atoms in total. The third kappa shape index (κ3) is 3.64. The van der Waals surface area contributed by atoms with Gasteiger partial charge in [0.25, 0.3) is 0 Å². The molecule has 1 saturated heterocycles. The van der Waals surface area contributed by atoms with E-state index in [4.69, 9.17) is 11.6 Å². The Bertz CT molecular complexity index is 217. The Hall–Kier alpha value is -0.760. The van der Waals surface area contributed by atoms with E-state index in [0.717, 1.165) is 24.5 Å². The van der Waals surface area contributed by atoms with E-state index in [-0.39, 0.29) is 0 Å². The number of allylic oxidation sites excluding steroid dienone is 3. The summed E-state index contributed by atoms with van der Waals surface area (Å²) in [6, 6.07) is 0. The summed E-state index contributed by atoms with van der Waals surface area (Å²) in [5.74, 6) is 0. The Morgan fingerprint density at radius 1 is 1.15 bits per heavy atom. The summed E-state index contributed by atoms with van der Waals surface area (Å²) >= 11 is 6.02. The number of carbonyl (C=O) groups excluding carboxylic acids is 1. The van der Waals surface area contributed by atoms with E-state index in [1.54, 1.807) is 12.2 Å². The van der Waals surface area contributed by atoms with Crippen LogP contribution >= 0.6 is 11.6 Å². The largest absolute Gasteiger partial charge is 0.362 e. The number of likely N-dealkylation sites (tertiary alicyclic amines) is 1. The highest BCUT2D eigenvalue weighted by Gasteiger charge is 2.10. The number of rotatable bonds is 3. The van der Waals surface area contributed by atoms with Crippen LogP contribution in [0, 0.1) is 0 Å². The van der Waals surface area contributed by atoms with Crippen molar-refractivity contribution in [3.8, 4) is 0 Å². The van der Waals surface area contributed by atoms with E-state index >= 15 is 0 Å². The van der Waals surface area contributed by atoms with Crippen LogP contribution < -0.4 is 0 Å². The number of piperidine rings is 1. The second-order valence-electron chi connectivity index (χ2n) is 3.06. The SMILES string of the molecule is O=C/C=C/C=C(\Cl)N1CCCCC1. The average molecular weight is 200 g/mol. The Morgan fingerprint density at radius 3 is 2.46 bits per heavy atom. The van der Waals surface area contributed by atoms with Crippen molar-refractivity contribution in [3.05, 3.63) is 23.4 Å². The molecule has 13 heavy (non-hydrogen) atoms. The molecule has 1 fully saturated rings. The molecule has 0 radical (unpaired) electrons. The Kier molecular flexibility index (Phi) is 4.61. The van der Waals surface area contributed by atoms with Crippen LogP contribution in [0.15, 0.2) is 23.4 Å². The number of hydrogen-bond donors (Lipinski definition) is 0. The van der Waals surface area contributed by atoms with Crippen molar-refractivity contribution in [1.29, 1.82) is 0 Å². The van der Waals surface area contributed by atoms with E-state index in [9.17, 15) is 4.79 Å². The molecule has 0 atom stereocenters. The van der Waals surface area contributed by atoms with Crippen LogP contribution in [0.1, 0.15) is 19.3 Å². The van der Waals surface area contributed by atoms with Gasteiger partial charge in [-0.15, -0.1) is 0 Å². The van der Waals surface area contributed by atoms with Gasteiger partial charge in [0.2, 0.25) is 0 Å². The van der Waals surface area contributed by atoms with Crippen LogP contribution in [0.5, 0.6) is 0 Å². The van der Waals surface area contributed by atoms with Crippen LogP contribution in [0.3, 0.4) is 0 Å². The van der Waals surface area contributed by atoms with Crippen molar-refractivity contribution in [2.75, 3.05) is 13.1 Å². The lowest BCUT2D eigenvalue weighted by Gasteiger charge is -2.27. The minimum atomic E-state index is 0.734. The number of hydrogen-bond acceptors (Lipinski definition) is 2. The van der Waals surface area contributed by atoms with Crippen LogP contribution in [0.2, 0.25) is 0 Å². The molecule has 0 aromatic rings. The second kappa shape index (κ2) is 5.81. The minimum absolute atomic E-state index is 0.734. The fraction of sp³-hybridized carbons (Fsp3) is 0.500. The first-order valence-corrected chi connectivity index (χ1v) is 4.95. The van der Waals surface area contributed by atoms with Gasteiger partial charge in [-0.05, 0) is 31.4 Å². The van der Waals surface area contributed by atoms with Crippen LogP contribution in [-0.2, 0) is 4.79 Å². The highest BCUT2D eigenvalue weighted by atomic mass is 35.5. The van der Waals surface area contributed by atoms with Gasteiger partial charge < -0.3 is 4.90 Å². The number of nitrogens with zero attached hydrogens (tertiary/aromatic N) is 1. The molecule has 0 amide bonds. The average Bonchev–Trinajstić information content (AvgIpc) is 2.19. The standard InChI is InChI=1S/C10H14ClNO/c11-10(6-2-5-9-13)12-7-3-1-4-8-12/h2,5-6,9H,1,3-4,7-8H2/b5-2+,10-6+. The zero-order valence-electron chi connectivity index (χ0n) is 7.58. The fourth-order valence-electron chi connectivity index (χ4n) is 1.39. The lowest BCUT2D eigenvalue weighted by molar-refractivity contribution is -0.104. The Labute approximate surface area is 83.9 Å². The number of halogens is 1. The van der Waals surface area contributed by atoms with E-state index in [2.05, 4.69) is 4.90 Å². The first-order chi connectivity index (χ1) is 6.34. The van der Waals surface area contributed by atoms with Crippen molar-refractivity contribution in [2.45, 2.75) is 19.3 Å². The molecule has 1 heterocycles. The smallest absolute Gasteiger partial charge is 0.142 e. The molecule has 1 rings (SSSR count). The van der Waals surface area contributed by atoms with E-state index in [0.29, 0.717) is 0 Å². The molecule has 0 aromatic heterocycles. The summed E-state index contributed by atoms with van der Waals surface area (Å²) < 4.78 is 0. The predicted molar refractivity (Wildman–Crippen MR) is 54.6 cm³/mol. The van der Waals surface area contributed by atoms with Gasteiger partial charge in [0.1, 0.15) is 11.4 Å². The van der Waals surface area contributed by atoms with Crippen molar-refractivity contribution in [2.24, 2.45) is 0 Å².